The van der Waals surface area contributed by atoms with Crippen molar-refractivity contribution in [2.24, 2.45) is 0 Å². The summed E-state index contributed by atoms with van der Waals surface area (Å²) in [7, 11) is 0. The zero-order valence-corrected chi connectivity index (χ0v) is 14.7. The summed E-state index contributed by atoms with van der Waals surface area (Å²) in [6.07, 6.45) is 0.417. The Labute approximate surface area is 144 Å². The average Bonchev–Trinajstić information content (AvgIpc) is 2.48. The second-order valence-electron chi connectivity index (χ2n) is 5.03. The third-order valence-electron chi connectivity index (χ3n) is 3.26. The molecule has 0 atom stereocenters. The van der Waals surface area contributed by atoms with Crippen LogP contribution in [0.25, 0.3) is 0 Å². The Morgan fingerprint density at radius 1 is 1.23 bits per heavy atom. The summed E-state index contributed by atoms with van der Waals surface area (Å²) in [5.41, 5.74) is 2.92. The molecule has 22 heavy (non-hydrogen) atoms. The highest BCUT2D eigenvalue weighted by molar-refractivity contribution is 9.10. The first-order valence-electron chi connectivity index (χ1n) is 7.06. The van der Waals surface area contributed by atoms with Crippen molar-refractivity contribution < 1.29 is 4.79 Å². The molecule has 5 heteroatoms. The zero-order chi connectivity index (χ0) is 15.9. The number of anilines is 1. The van der Waals surface area contributed by atoms with Crippen molar-refractivity contribution in [3.63, 3.8) is 0 Å². The van der Waals surface area contributed by atoms with Crippen molar-refractivity contribution in [3.8, 4) is 0 Å². The van der Waals surface area contributed by atoms with Crippen molar-refractivity contribution in [1.82, 2.24) is 5.32 Å². The number of carbonyl (C=O) groups excluding carboxylic acids is 1. The second kappa shape index (κ2) is 8.32. The molecular formula is C17H18BrClN2O. The average molecular weight is 382 g/mol. The van der Waals surface area contributed by atoms with E-state index in [1.807, 2.05) is 49.4 Å². The van der Waals surface area contributed by atoms with Crippen LogP contribution in [0.15, 0.2) is 46.9 Å². The fraction of sp³-hybridized carbons (Fsp3) is 0.235. The molecule has 2 rings (SSSR count). The molecule has 0 aliphatic heterocycles. The van der Waals surface area contributed by atoms with Gasteiger partial charge in [0.15, 0.2) is 0 Å². The van der Waals surface area contributed by atoms with Crippen LogP contribution in [0.4, 0.5) is 5.69 Å². The van der Waals surface area contributed by atoms with Gasteiger partial charge >= 0.3 is 0 Å². The Morgan fingerprint density at radius 3 is 2.73 bits per heavy atom. The van der Waals surface area contributed by atoms with Gasteiger partial charge in [0, 0.05) is 34.7 Å². The van der Waals surface area contributed by atoms with E-state index >= 15 is 0 Å². The van der Waals surface area contributed by atoms with Crippen molar-refractivity contribution in [2.75, 3.05) is 11.9 Å². The molecule has 0 heterocycles. The van der Waals surface area contributed by atoms with Gasteiger partial charge in [-0.25, -0.2) is 0 Å². The Kier molecular flexibility index (Phi) is 6.43. The minimum Gasteiger partial charge on any atom is -0.326 e. The summed E-state index contributed by atoms with van der Waals surface area (Å²) >= 11 is 9.49. The molecule has 0 aliphatic carbocycles. The highest BCUT2D eigenvalue weighted by atomic mass is 79.9. The van der Waals surface area contributed by atoms with Gasteiger partial charge in [0.05, 0.1) is 0 Å². The molecule has 2 N–H and O–H groups in total. The molecule has 1 amide bonds. The van der Waals surface area contributed by atoms with Crippen LogP contribution in [0.2, 0.25) is 5.02 Å². The molecule has 0 saturated heterocycles. The van der Waals surface area contributed by atoms with Gasteiger partial charge in [-0.3, -0.25) is 4.79 Å². The third kappa shape index (κ3) is 5.13. The summed E-state index contributed by atoms with van der Waals surface area (Å²) in [5.74, 6) is -0.00270. The Balaban J connectivity index is 1.75. The van der Waals surface area contributed by atoms with Gasteiger partial charge in [-0.2, -0.15) is 0 Å². The number of aryl methyl sites for hydroxylation is 1. The van der Waals surface area contributed by atoms with Gasteiger partial charge in [0.1, 0.15) is 0 Å². The number of benzene rings is 2. The van der Waals surface area contributed by atoms with E-state index in [4.69, 9.17) is 11.6 Å². The van der Waals surface area contributed by atoms with Crippen molar-refractivity contribution in [2.45, 2.75) is 19.9 Å². The van der Waals surface area contributed by atoms with Crippen LogP contribution in [0.3, 0.4) is 0 Å². The van der Waals surface area contributed by atoms with Crippen LogP contribution in [-0.4, -0.2) is 12.5 Å². The summed E-state index contributed by atoms with van der Waals surface area (Å²) < 4.78 is 1.00. The van der Waals surface area contributed by atoms with Crippen LogP contribution >= 0.6 is 27.5 Å². The Hall–Kier alpha value is -1.36. The van der Waals surface area contributed by atoms with E-state index in [2.05, 4.69) is 26.6 Å². The lowest BCUT2D eigenvalue weighted by molar-refractivity contribution is -0.116. The Bertz CT molecular complexity index is 661. The van der Waals surface area contributed by atoms with Gasteiger partial charge in [-0.15, -0.1) is 0 Å². The second-order valence-corrected chi connectivity index (χ2v) is 6.35. The highest BCUT2D eigenvalue weighted by Gasteiger charge is 2.05. The first-order valence-corrected chi connectivity index (χ1v) is 8.23. The summed E-state index contributed by atoms with van der Waals surface area (Å²) in [4.78, 5) is 11.9. The third-order valence-corrected chi connectivity index (χ3v) is 4.13. The van der Waals surface area contributed by atoms with E-state index in [0.29, 0.717) is 19.5 Å². The van der Waals surface area contributed by atoms with Crippen molar-refractivity contribution in [1.29, 1.82) is 0 Å². The molecule has 116 valence electrons. The number of carbonyl (C=O) groups is 1. The quantitative estimate of drug-likeness (QED) is 0.722. The van der Waals surface area contributed by atoms with Gasteiger partial charge in [0.25, 0.3) is 0 Å². The lowest BCUT2D eigenvalue weighted by Gasteiger charge is -2.10. The predicted octanol–water partition coefficient (Wildman–Crippen LogP) is 4.53. The lowest BCUT2D eigenvalue weighted by Crippen LogP contribution is -2.21. The van der Waals surface area contributed by atoms with Crippen LogP contribution in [0.5, 0.6) is 0 Å². The lowest BCUT2D eigenvalue weighted by atomic mass is 10.2. The maximum absolute atomic E-state index is 11.9. The van der Waals surface area contributed by atoms with E-state index in [1.165, 1.54) is 0 Å². The van der Waals surface area contributed by atoms with Gasteiger partial charge in [-0.1, -0.05) is 45.7 Å². The van der Waals surface area contributed by atoms with Gasteiger partial charge in [0.2, 0.25) is 5.91 Å². The molecule has 3 nitrogen and oxygen atoms in total. The van der Waals surface area contributed by atoms with E-state index in [1.54, 1.807) is 0 Å². The minimum atomic E-state index is -0.00270. The van der Waals surface area contributed by atoms with Gasteiger partial charge in [-0.05, 0) is 42.3 Å². The molecule has 2 aromatic carbocycles. The Morgan fingerprint density at radius 2 is 2.00 bits per heavy atom. The van der Waals surface area contributed by atoms with Crippen LogP contribution in [0.1, 0.15) is 17.5 Å². The van der Waals surface area contributed by atoms with Crippen LogP contribution in [0, 0.1) is 6.92 Å². The summed E-state index contributed by atoms with van der Waals surface area (Å²) in [6, 6.07) is 13.5. The number of hydrogen-bond acceptors (Lipinski definition) is 2. The fourth-order valence-corrected chi connectivity index (χ4v) is 2.72. The first kappa shape index (κ1) is 17.0. The molecule has 0 spiro atoms. The number of rotatable bonds is 6. The molecule has 2 aromatic rings. The monoisotopic (exact) mass is 380 g/mol. The largest absolute Gasteiger partial charge is 0.326 e. The normalized spacial score (nSPS) is 10.5. The van der Waals surface area contributed by atoms with Crippen molar-refractivity contribution >= 4 is 39.1 Å². The van der Waals surface area contributed by atoms with E-state index in [0.717, 1.165) is 26.3 Å². The number of amides is 1. The highest BCUT2D eigenvalue weighted by Crippen LogP contribution is 2.20. The molecule has 0 unspecified atom stereocenters. The SMILES string of the molecule is Cc1cc(Br)ccc1NC(=O)CCNCc1ccccc1Cl. The minimum absolute atomic E-state index is 0.00270. The summed E-state index contributed by atoms with van der Waals surface area (Å²) in [5, 5.41) is 6.89. The zero-order valence-electron chi connectivity index (χ0n) is 12.3. The van der Waals surface area contributed by atoms with Crippen LogP contribution < -0.4 is 10.6 Å². The molecule has 0 fully saturated rings. The predicted molar refractivity (Wildman–Crippen MR) is 95.3 cm³/mol. The standard InChI is InChI=1S/C17H18BrClN2O/c1-12-10-14(18)6-7-16(12)21-17(22)8-9-20-11-13-4-2-3-5-15(13)19/h2-7,10,20H,8-9,11H2,1H3,(H,21,22). The van der Waals surface area contributed by atoms with Gasteiger partial charge < -0.3 is 10.6 Å². The molecule has 0 radical (unpaired) electrons. The summed E-state index contributed by atoms with van der Waals surface area (Å²) in [6.45, 7) is 3.23. The maximum Gasteiger partial charge on any atom is 0.225 e. The maximum atomic E-state index is 11.9. The fourth-order valence-electron chi connectivity index (χ4n) is 2.05. The van der Waals surface area contributed by atoms with Crippen molar-refractivity contribution in [3.05, 3.63) is 63.1 Å². The number of hydrogen-bond donors (Lipinski definition) is 2. The topological polar surface area (TPSA) is 41.1 Å². The van der Waals surface area contributed by atoms with E-state index in [9.17, 15) is 4.79 Å². The molecule has 0 aromatic heterocycles. The van der Waals surface area contributed by atoms with Crippen LogP contribution in [-0.2, 0) is 11.3 Å². The first-order chi connectivity index (χ1) is 10.6. The molecule has 0 saturated carbocycles. The molecular weight excluding hydrogens is 364 g/mol. The number of nitrogens with one attached hydrogen (secondary N) is 2. The number of halogens is 2. The van der Waals surface area contributed by atoms with E-state index < -0.39 is 0 Å². The molecule has 0 bridgehead atoms. The van der Waals surface area contributed by atoms with E-state index in [-0.39, 0.29) is 5.91 Å². The smallest absolute Gasteiger partial charge is 0.225 e. The molecule has 0 aliphatic rings.